The van der Waals surface area contributed by atoms with Gasteiger partial charge in [-0.05, 0) is 71.1 Å². The summed E-state index contributed by atoms with van der Waals surface area (Å²) in [7, 11) is 1.68. The highest BCUT2D eigenvalue weighted by Gasteiger charge is 2.43. The highest BCUT2D eigenvalue weighted by atomic mass is 16.6. The first-order valence-electron chi connectivity index (χ1n) is 8.44. The highest BCUT2D eigenvalue weighted by molar-refractivity contribution is 5.76. The molecule has 0 heterocycles. The van der Waals surface area contributed by atoms with Gasteiger partial charge in [-0.1, -0.05) is 13.8 Å². The summed E-state index contributed by atoms with van der Waals surface area (Å²) in [5.41, 5.74) is -1.34. The maximum Gasteiger partial charge on any atom is 0.410 e. The van der Waals surface area contributed by atoms with Crippen LogP contribution in [0.2, 0.25) is 0 Å². The second kappa shape index (κ2) is 7.01. The Balaban J connectivity index is 2.79. The molecule has 0 aromatic carbocycles. The predicted molar refractivity (Wildman–Crippen MR) is 88.8 cm³/mol. The molecule has 22 heavy (non-hydrogen) atoms. The van der Waals surface area contributed by atoms with Crippen LogP contribution in [0.15, 0.2) is 0 Å². The van der Waals surface area contributed by atoms with Gasteiger partial charge in [0, 0.05) is 7.05 Å². The topological polar surface area (TPSA) is 46.6 Å². The molecule has 1 aliphatic rings. The van der Waals surface area contributed by atoms with Gasteiger partial charge in [-0.3, -0.25) is 4.90 Å². The Labute approximate surface area is 135 Å². The summed E-state index contributed by atoms with van der Waals surface area (Å²) in [5, 5.41) is 0. The molecule has 0 aliphatic heterocycles. The molecule has 0 spiro atoms. The number of carbonyl (C=O) groups excluding carboxylic acids is 2. The number of nitrogens with zero attached hydrogens (tertiary/aromatic N) is 1. The SMILES string of the molecule is CC(C)C1CCC(C(C)(C=O)N(C)C(=O)OC(C)(C)C)CC1. The third-order valence-electron chi connectivity index (χ3n) is 5.17. The first kappa shape index (κ1) is 19.0. The summed E-state index contributed by atoms with van der Waals surface area (Å²) in [6.07, 6.45) is 4.75. The molecule has 0 aromatic heterocycles. The first-order chi connectivity index (χ1) is 10.0. The average molecular weight is 311 g/mol. The molecule has 0 aromatic rings. The largest absolute Gasteiger partial charge is 0.444 e. The fourth-order valence-corrected chi connectivity index (χ4v) is 3.35. The summed E-state index contributed by atoms with van der Waals surface area (Å²) in [4.78, 5) is 25.6. The van der Waals surface area contributed by atoms with E-state index in [1.807, 2.05) is 27.7 Å². The molecule has 0 radical (unpaired) electrons. The first-order valence-corrected chi connectivity index (χ1v) is 8.44. The zero-order valence-corrected chi connectivity index (χ0v) is 15.3. The number of likely N-dealkylation sites (N-methyl/N-ethyl adjacent to an activating group) is 1. The molecule has 0 N–H and O–H groups in total. The van der Waals surface area contributed by atoms with Crippen molar-refractivity contribution in [1.82, 2.24) is 4.90 Å². The van der Waals surface area contributed by atoms with E-state index in [0.29, 0.717) is 5.92 Å². The summed E-state index contributed by atoms with van der Waals surface area (Å²) >= 11 is 0. The minimum absolute atomic E-state index is 0.206. The van der Waals surface area contributed by atoms with E-state index in [0.717, 1.165) is 37.9 Å². The smallest absolute Gasteiger partial charge is 0.410 e. The third-order valence-corrected chi connectivity index (χ3v) is 5.17. The summed E-state index contributed by atoms with van der Waals surface area (Å²) in [5.74, 6) is 1.63. The Morgan fingerprint density at radius 3 is 2.00 bits per heavy atom. The Morgan fingerprint density at radius 1 is 1.14 bits per heavy atom. The number of ether oxygens (including phenoxy) is 1. The Morgan fingerprint density at radius 2 is 1.64 bits per heavy atom. The molecule has 0 saturated heterocycles. The fraction of sp³-hybridized carbons (Fsp3) is 0.889. The molecule has 1 fully saturated rings. The Hall–Kier alpha value is -1.06. The van der Waals surface area contributed by atoms with E-state index >= 15 is 0 Å². The van der Waals surface area contributed by atoms with E-state index in [1.54, 1.807) is 7.05 Å². The number of rotatable bonds is 4. The lowest BCUT2D eigenvalue weighted by molar-refractivity contribution is -0.121. The monoisotopic (exact) mass is 311 g/mol. The maximum atomic E-state index is 12.3. The van der Waals surface area contributed by atoms with Gasteiger partial charge in [-0.15, -0.1) is 0 Å². The zero-order chi connectivity index (χ0) is 17.1. The van der Waals surface area contributed by atoms with E-state index in [-0.39, 0.29) is 5.92 Å². The van der Waals surface area contributed by atoms with E-state index in [9.17, 15) is 9.59 Å². The van der Waals surface area contributed by atoms with Crippen LogP contribution >= 0.6 is 0 Å². The van der Waals surface area contributed by atoms with Crippen molar-refractivity contribution in [2.24, 2.45) is 17.8 Å². The lowest BCUT2D eigenvalue weighted by Crippen LogP contribution is -2.55. The molecule has 1 unspecified atom stereocenters. The van der Waals surface area contributed by atoms with Crippen molar-refractivity contribution in [3.63, 3.8) is 0 Å². The van der Waals surface area contributed by atoms with Crippen molar-refractivity contribution >= 4 is 12.4 Å². The van der Waals surface area contributed by atoms with Crippen molar-refractivity contribution < 1.29 is 14.3 Å². The number of amides is 1. The molecule has 1 saturated carbocycles. The van der Waals surface area contributed by atoms with Crippen LogP contribution in [0.3, 0.4) is 0 Å². The summed E-state index contributed by atoms with van der Waals surface area (Å²) in [6, 6.07) is 0. The normalized spacial score (nSPS) is 25.5. The molecule has 0 bridgehead atoms. The minimum atomic E-state index is -0.787. The minimum Gasteiger partial charge on any atom is -0.444 e. The summed E-state index contributed by atoms with van der Waals surface area (Å²) in [6.45, 7) is 11.9. The Kier molecular flexibility index (Phi) is 6.05. The molecular formula is C18H33NO3. The highest BCUT2D eigenvalue weighted by Crippen LogP contribution is 2.40. The van der Waals surface area contributed by atoms with Gasteiger partial charge in [0.15, 0.2) is 0 Å². The predicted octanol–water partition coefficient (Wildman–Crippen LogP) is 4.27. The molecule has 1 aliphatic carbocycles. The van der Waals surface area contributed by atoms with Crippen LogP contribution in [0.25, 0.3) is 0 Å². The molecule has 4 heteroatoms. The molecule has 1 rings (SSSR count). The van der Waals surface area contributed by atoms with Crippen molar-refractivity contribution in [2.75, 3.05) is 7.05 Å². The van der Waals surface area contributed by atoms with Crippen molar-refractivity contribution in [3.05, 3.63) is 0 Å². The lowest BCUT2D eigenvalue weighted by Gasteiger charge is -2.44. The van der Waals surface area contributed by atoms with Crippen molar-refractivity contribution in [3.8, 4) is 0 Å². The van der Waals surface area contributed by atoms with Crippen molar-refractivity contribution in [2.45, 2.75) is 78.4 Å². The molecule has 1 amide bonds. The number of aldehydes is 1. The van der Waals surface area contributed by atoms with Gasteiger partial charge < -0.3 is 9.53 Å². The van der Waals surface area contributed by atoms with E-state index < -0.39 is 17.2 Å². The zero-order valence-electron chi connectivity index (χ0n) is 15.3. The van der Waals surface area contributed by atoms with Crippen LogP contribution in [0, 0.1) is 17.8 Å². The van der Waals surface area contributed by atoms with Crippen LogP contribution < -0.4 is 0 Å². The third kappa shape index (κ3) is 4.47. The number of carbonyl (C=O) groups is 2. The van der Waals surface area contributed by atoms with E-state index in [2.05, 4.69) is 13.8 Å². The van der Waals surface area contributed by atoms with Crippen LogP contribution in [-0.4, -0.2) is 35.5 Å². The number of hydrogen-bond donors (Lipinski definition) is 0. The maximum absolute atomic E-state index is 12.3. The number of hydrogen-bond acceptors (Lipinski definition) is 3. The van der Waals surface area contributed by atoms with Gasteiger partial charge in [-0.2, -0.15) is 0 Å². The quantitative estimate of drug-likeness (QED) is 0.728. The average Bonchev–Trinajstić information content (AvgIpc) is 2.43. The van der Waals surface area contributed by atoms with Crippen molar-refractivity contribution in [1.29, 1.82) is 0 Å². The van der Waals surface area contributed by atoms with Crippen LogP contribution in [0.1, 0.15) is 67.2 Å². The second-order valence-electron chi connectivity index (χ2n) is 8.24. The van der Waals surface area contributed by atoms with Crippen LogP contribution in [-0.2, 0) is 9.53 Å². The summed E-state index contributed by atoms with van der Waals surface area (Å²) < 4.78 is 5.43. The fourth-order valence-electron chi connectivity index (χ4n) is 3.35. The van der Waals surface area contributed by atoms with Gasteiger partial charge >= 0.3 is 6.09 Å². The molecule has 1 atom stereocenters. The van der Waals surface area contributed by atoms with Gasteiger partial charge in [0.1, 0.15) is 17.4 Å². The lowest BCUT2D eigenvalue weighted by atomic mass is 9.70. The second-order valence-corrected chi connectivity index (χ2v) is 8.24. The van der Waals surface area contributed by atoms with Gasteiger partial charge in [-0.25, -0.2) is 4.79 Å². The van der Waals surface area contributed by atoms with Gasteiger partial charge in [0.25, 0.3) is 0 Å². The molecule has 128 valence electrons. The standard InChI is InChI=1S/C18H33NO3/c1-13(2)14-8-10-15(11-9-14)18(6,12-20)19(7)16(21)22-17(3,4)5/h12-15H,8-11H2,1-7H3. The van der Waals surface area contributed by atoms with Gasteiger partial charge in [0.05, 0.1) is 0 Å². The van der Waals surface area contributed by atoms with Crippen LogP contribution in [0.4, 0.5) is 4.79 Å². The van der Waals surface area contributed by atoms with E-state index in [1.165, 1.54) is 4.90 Å². The van der Waals surface area contributed by atoms with Crippen LogP contribution in [0.5, 0.6) is 0 Å². The van der Waals surface area contributed by atoms with Gasteiger partial charge in [0.2, 0.25) is 0 Å². The Bertz CT molecular complexity index is 392. The van der Waals surface area contributed by atoms with E-state index in [4.69, 9.17) is 4.74 Å². The molecular weight excluding hydrogens is 278 g/mol. The molecule has 4 nitrogen and oxygen atoms in total.